The van der Waals surface area contributed by atoms with E-state index in [1.165, 1.54) is 12.7 Å². The average Bonchev–Trinajstić information content (AvgIpc) is 3.60. The Bertz CT molecular complexity index is 1170. The van der Waals surface area contributed by atoms with Gasteiger partial charge in [-0.2, -0.15) is 0 Å². The highest BCUT2D eigenvalue weighted by atomic mass is 35.5. The van der Waals surface area contributed by atoms with Gasteiger partial charge >= 0.3 is 0 Å². The van der Waals surface area contributed by atoms with Gasteiger partial charge in [-0.05, 0) is 50.6 Å². The first kappa shape index (κ1) is 25.2. The summed E-state index contributed by atoms with van der Waals surface area (Å²) < 4.78 is 0. The van der Waals surface area contributed by atoms with E-state index < -0.39 is 0 Å². The second-order valence-electron chi connectivity index (χ2n) is 8.55. The molecule has 0 atom stereocenters. The van der Waals surface area contributed by atoms with Crippen LogP contribution in [0.15, 0.2) is 25.3 Å². The molecule has 2 aliphatic rings. The number of rotatable bonds is 3. The number of anilines is 1. The molecule has 0 amide bonds. The highest BCUT2D eigenvalue weighted by Gasteiger charge is 2.21. The Kier molecular flexibility index (Phi) is 9.12. The molecule has 13 heteroatoms. The molecule has 6 heterocycles. The SMILES string of the molecule is Clc1ncnc2nc[nH]c12.OCC1CCN(c2ncnc3nc[nH]c23)CC1.OCC1CCNCC1. The number of piperidine rings is 2. The molecule has 2 fully saturated rings. The number of aliphatic hydroxyl groups is 2. The van der Waals surface area contributed by atoms with Gasteiger partial charge in [0.05, 0.1) is 12.7 Å². The molecule has 0 unspecified atom stereocenters. The minimum Gasteiger partial charge on any atom is -0.396 e. The molecule has 0 spiro atoms. The topological polar surface area (TPSA) is 165 Å². The molecular formula is C22H31ClN10O2. The van der Waals surface area contributed by atoms with Crippen LogP contribution in [0.4, 0.5) is 5.82 Å². The Morgan fingerprint density at radius 2 is 1.34 bits per heavy atom. The predicted octanol–water partition coefficient (Wildman–Crippen LogP) is 1.55. The van der Waals surface area contributed by atoms with Crippen LogP contribution in [-0.2, 0) is 0 Å². The van der Waals surface area contributed by atoms with Gasteiger partial charge in [0.1, 0.15) is 23.7 Å². The first-order chi connectivity index (χ1) is 17.2. The number of H-pyrrole nitrogens is 2. The quantitative estimate of drug-likeness (QED) is 0.259. The van der Waals surface area contributed by atoms with Crippen molar-refractivity contribution in [3.63, 3.8) is 0 Å². The number of hydrogen-bond acceptors (Lipinski definition) is 10. The van der Waals surface area contributed by atoms with E-state index >= 15 is 0 Å². The fourth-order valence-electron chi connectivity index (χ4n) is 4.12. The van der Waals surface area contributed by atoms with Gasteiger partial charge in [-0.1, -0.05) is 11.6 Å². The fourth-order valence-corrected chi connectivity index (χ4v) is 4.30. The number of nitrogens with zero attached hydrogens (tertiary/aromatic N) is 7. The molecule has 0 aliphatic carbocycles. The maximum atomic E-state index is 9.13. The largest absolute Gasteiger partial charge is 0.396 e. The molecule has 5 N–H and O–H groups in total. The van der Waals surface area contributed by atoms with Crippen LogP contribution in [0.25, 0.3) is 22.3 Å². The van der Waals surface area contributed by atoms with Gasteiger partial charge in [0, 0.05) is 26.3 Å². The second kappa shape index (κ2) is 12.7. The molecule has 4 aromatic rings. The van der Waals surface area contributed by atoms with Gasteiger partial charge in [-0.25, -0.2) is 29.9 Å². The lowest BCUT2D eigenvalue weighted by atomic mass is 9.98. The van der Waals surface area contributed by atoms with Gasteiger partial charge in [-0.15, -0.1) is 0 Å². The fraction of sp³-hybridized carbons (Fsp3) is 0.545. The highest BCUT2D eigenvalue weighted by molar-refractivity contribution is 6.33. The van der Waals surface area contributed by atoms with Crippen LogP contribution >= 0.6 is 11.6 Å². The van der Waals surface area contributed by atoms with Gasteiger partial charge in [-0.3, -0.25) is 0 Å². The third-order valence-corrected chi connectivity index (χ3v) is 6.56. The summed E-state index contributed by atoms with van der Waals surface area (Å²) in [5.74, 6) is 1.94. The van der Waals surface area contributed by atoms with Crippen LogP contribution in [-0.4, -0.2) is 89.5 Å². The van der Waals surface area contributed by atoms with Gasteiger partial charge < -0.3 is 30.4 Å². The van der Waals surface area contributed by atoms with Crippen molar-refractivity contribution in [3.05, 3.63) is 30.5 Å². The van der Waals surface area contributed by atoms with Crippen molar-refractivity contribution in [2.24, 2.45) is 11.8 Å². The number of aliphatic hydroxyl groups excluding tert-OH is 2. The van der Waals surface area contributed by atoms with Gasteiger partial charge in [0.15, 0.2) is 22.3 Å². The third kappa shape index (κ3) is 6.60. The lowest BCUT2D eigenvalue weighted by Gasteiger charge is -2.31. The molecule has 0 aromatic carbocycles. The Morgan fingerprint density at radius 3 is 1.94 bits per heavy atom. The number of nitrogens with one attached hydrogen (secondary N) is 3. The number of aromatic amines is 2. The number of hydrogen-bond donors (Lipinski definition) is 5. The van der Waals surface area contributed by atoms with Crippen LogP contribution in [0.5, 0.6) is 0 Å². The predicted molar refractivity (Wildman–Crippen MR) is 133 cm³/mol. The van der Waals surface area contributed by atoms with Gasteiger partial charge in [0.2, 0.25) is 0 Å². The zero-order valence-electron chi connectivity index (χ0n) is 19.4. The van der Waals surface area contributed by atoms with Crippen molar-refractivity contribution in [1.29, 1.82) is 0 Å². The van der Waals surface area contributed by atoms with Crippen molar-refractivity contribution in [2.75, 3.05) is 44.3 Å². The Balaban J connectivity index is 0.000000136. The smallest absolute Gasteiger partial charge is 0.182 e. The zero-order valence-corrected chi connectivity index (χ0v) is 20.2. The molecular weight excluding hydrogens is 472 g/mol. The highest BCUT2D eigenvalue weighted by Crippen LogP contribution is 2.25. The molecule has 4 aromatic heterocycles. The molecule has 0 saturated carbocycles. The number of halogens is 1. The zero-order chi connectivity index (χ0) is 24.5. The lowest BCUT2D eigenvalue weighted by molar-refractivity contribution is 0.196. The van der Waals surface area contributed by atoms with Crippen molar-refractivity contribution < 1.29 is 10.2 Å². The van der Waals surface area contributed by atoms with Crippen LogP contribution in [0.3, 0.4) is 0 Å². The van der Waals surface area contributed by atoms with Crippen LogP contribution < -0.4 is 10.2 Å². The Morgan fingerprint density at radius 1 is 0.771 bits per heavy atom. The average molecular weight is 503 g/mol. The maximum absolute atomic E-state index is 9.13. The van der Waals surface area contributed by atoms with Gasteiger partial charge in [0.25, 0.3) is 0 Å². The molecule has 188 valence electrons. The van der Waals surface area contributed by atoms with E-state index in [1.54, 1.807) is 12.7 Å². The monoisotopic (exact) mass is 502 g/mol. The molecule has 12 nitrogen and oxygen atoms in total. The summed E-state index contributed by atoms with van der Waals surface area (Å²) in [4.78, 5) is 32.2. The summed E-state index contributed by atoms with van der Waals surface area (Å²) in [6.07, 6.45) is 10.4. The molecule has 35 heavy (non-hydrogen) atoms. The first-order valence-electron chi connectivity index (χ1n) is 11.8. The van der Waals surface area contributed by atoms with Crippen LogP contribution in [0.1, 0.15) is 25.7 Å². The molecule has 2 aliphatic heterocycles. The van der Waals surface area contributed by atoms with Crippen molar-refractivity contribution in [1.82, 2.24) is 45.2 Å². The van der Waals surface area contributed by atoms with E-state index in [1.807, 2.05) is 0 Å². The van der Waals surface area contributed by atoms with Crippen LogP contribution in [0, 0.1) is 11.8 Å². The molecule has 2 saturated heterocycles. The molecule has 0 bridgehead atoms. The van der Waals surface area contributed by atoms with E-state index in [0.717, 1.165) is 63.2 Å². The van der Waals surface area contributed by atoms with E-state index in [9.17, 15) is 0 Å². The summed E-state index contributed by atoms with van der Waals surface area (Å²) >= 11 is 5.68. The molecule has 6 rings (SSSR count). The Hall–Kier alpha value is -2.93. The third-order valence-electron chi connectivity index (χ3n) is 6.27. The van der Waals surface area contributed by atoms with E-state index in [4.69, 9.17) is 21.8 Å². The summed E-state index contributed by atoms with van der Waals surface area (Å²) in [5.41, 5.74) is 2.89. The Labute approximate surface area is 207 Å². The van der Waals surface area contributed by atoms with E-state index in [-0.39, 0.29) is 6.61 Å². The summed E-state index contributed by atoms with van der Waals surface area (Å²) in [6, 6.07) is 0. The summed E-state index contributed by atoms with van der Waals surface area (Å²) in [5, 5.41) is 21.4. The second-order valence-corrected chi connectivity index (χ2v) is 8.91. The van der Waals surface area contributed by atoms with Crippen molar-refractivity contribution >= 4 is 39.7 Å². The van der Waals surface area contributed by atoms with E-state index in [2.05, 4.69) is 50.1 Å². The normalized spacial score (nSPS) is 17.1. The summed E-state index contributed by atoms with van der Waals surface area (Å²) in [6.45, 7) is 4.70. The van der Waals surface area contributed by atoms with Crippen molar-refractivity contribution in [3.8, 4) is 0 Å². The molecule has 0 radical (unpaired) electrons. The van der Waals surface area contributed by atoms with Crippen molar-refractivity contribution in [2.45, 2.75) is 25.7 Å². The summed E-state index contributed by atoms with van der Waals surface area (Å²) in [7, 11) is 0. The number of aromatic nitrogens is 8. The first-order valence-corrected chi connectivity index (χ1v) is 12.2. The minimum atomic E-state index is 0.289. The van der Waals surface area contributed by atoms with E-state index in [0.29, 0.717) is 40.4 Å². The standard InChI is InChI=1S/C11H15N5O.C6H13NO.C5H3ClN4/c17-5-8-1-3-16(4-2-8)11-9-10(13-6-12-9)14-7-15-11;8-5-6-1-3-7-4-2-6;6-4-3-5(9-1-7-3)10-2-8-4/h6-8,17H,1-5H2,(H,12,13,14,15);6-8H,1-5H2;1-2H,(H,7,8,9,10). The minimum absolute atomic E-state index is 0.289. The maximum Gasteiger partial charge on any atom is 0.182 e. The number of imidazole rings is 2. The lowest BCUT2D eigenvalue weighted by Crippen LogP contribution is -2.35. The van der Waals surface area contributed by atoms with Crippen LogP contribution in [0.2, 0.25) is 5.15 Å². The number of fused-ring (bicyclic) bond motifs is 2.